The molecule has 2 rings (SSSR count). The highest BCUT2D eigenvalue weighted by molar-refractivity contribution is 5.90. The molecule has 0 aliphatic rings. The van der Waals surface area contributed by atoms with Crippen LogP contribution in [0.4, 0.5) is 5.69 Å². The van der Waals surface area contributed by atoms with Crippen LogP contribution in [-0.2, 0) is 18.3 Å². The Morgan fingerprint density at radius 1 is 1.33 bits per heavy atom. The largest absolute Gasteiger partial charge is 0.462 e. The predicted octanol–water partition coefficient (Wildman–Crippen LogP) is 2.54. The maximum absolute atomic E-state index is 11.9. The number of carbonyl (C=O) groups is 1. The molecule has 0 saturated carbocycles. The van der Waals surface area contributed by atoms with Crippen LogP contribution in [0.1, 0.15) is 28.5 Å². The zero-order chi connectivity index (χ0) is 15.4. The molecule has 1 heterocycles. The lowest BCUT2D eigenvalue weighted by Gasteiger charge is -2.20. The molecule has 112 valence electrons. The van der Waals surface area contributed by atoms with Crippen LogP contribution in [0.2, 0.25) is 0 Å². The van der Waals surface area contributed by atoms with E-state index >= 15 is 0 Å². The van der Waals surface area contributed by atoms with E-state index in [1.54, 1.807) is 17.8 Å². The number of benzene rings is 1. The second-order valence-electron chi connectivity index (χ2n) is 5.04. The van der Waals surface area contributed by atoms with Crippen molar-refractivity contribution in [2.75, 3.05) is 18.6 Å². The average molecular weight is 287 g/mol. The molecule has 21 heavy (non-hydrogen) atoms. The minimum absolute atomic E-state index is 0.321. The number of nitrogens with zero attached hydrogens (tertiary/aromatic N) is 3. The van der Waals surface area contributed by atoms with Crippen molar-refractivity contribution in [2.24, 2.45) is 7.05 Å². The van der Waals surface area contributed by atoms with Gasteiger partial charge in [-0.2, -0.15) is 5.10 Å². The number of ether oxygens (including phenoxy) is 1. The summed E-state index contributed by atoms with van der Waals surface area (Å²) >= 11 is 0. The molecular weight excluding hydrogens is 266 g/mol. The van der Waals surface area contributed by atoms with E-state index in [2.05, 4.69) is 41.2 Å². The van der Waals surface area contributed by atoms with Crippen molar-refractivity contribution in [1.82, 2.24) is 9.78 Å². The molecule has 0 N–H and O–H groups in total. The van der Waals surface area contributed by atoms with Crippen LogP contribution in [0, 0.1) is 6.92 Å². The SMILES string of the molecule is CCOC(=O)c1cnn(C)c1CN(C)c1ccc(C)cc1. The summed E-state index contributed by atoms with van der Waals surface area (Å²) < 4.78 is 6.79. The Morgan fingerprint density at radius 2 is 2.00 bits per heavy atom. The molecule has 0 fully saturated rings. The lowest BCUT2D eigenvalue weighted by Crippen LogP contribution is -2.21. The summed E-state index contributed by atoms with van der Waals surface area (Å²) in [4.78, 5) is 14.0. The summed E-state index contributed by atoms with van der Waals surface area (Å²) in [5.41, 5.74) is 3.69. The predicted molar refractivity (Wildman–Crippen MR) is 82.5 cm³/mol. The first-order valence-corrected chi connectivity index (χ1v) is 6.98. The number of esters is 1. The average Bonchev–Trinajstić information content (AvgIpc) is 2.81. The molecule has 0 bridgehead atoms. The lowest BCUT2D eigenvalue weighted by atomic mass is 10.2. The van der Waals surface area contributed by atoms with E-state index < -0.39 is 0 Å². The van der Waals surface area contributed by atoms with Gasteiger partial charge in [-0.25, -0.2) is 4.79 Å². The van der Waals surface area contributed by atoms with Gasteiger partial charge in [0.1, 0.15) is 5.56 Å². The normalized spacial score (nSPS) is 10.5. The van der Waals surface area contributed by atoms with Crippen molar-refractivity contribution >= 4 is 11.7 Å². The Hall–Kier alpha value is -2.30. The van der Waals surface area contributed by atoms with Crippen molar-refractivity contribution in [2.45, 2.75) is 20.4 Å². The van der Waals surface area contributed by atoms with E-state index in [-0.39, 0.29) is 5.97 Å². The quantitative estimate of drug-likeness (QED) is 0.793. The van der Waals surface area contributed by atoms with Crippen molar-refractivity contribution in [3.63, 3.8) is 0 Å². The van der Waals surface area contributed by atoms with Crippen LogP contribution in [0.5, 0.6) is 0 Å². The standard InChI is InChI=1S/C16H21N3O2/c1-5-21-16(20)14-10-17-19(4)15(14)11-18(3)13-8-6-12(2)7-9-13/h6-10H,5,11H2,1-4H3. The summed E-state index contributed by atoms with van der Waals surface area (Å²) in [6.07, 6.45) is 1.57. The number of anilines is 1. The molecule has 0 amide bonds. The van der Waals surface area contributed by atoms with E-state index in [1.807, 2.05) is 14.1 Å². The highest BCUT2D eigenvalue weighted by Gasteiger charge is 2.18. The molecular formula is C16H21N3O2. The maximum Gasteiger partial charge on any atom is 0.341 e. The van der Waals surface area contributed by atoms with Gasteiger partial charge in [0.25, 0.3) is 0 Å². The van der Waals surface area contributed by atoms with Crippen molar-refractivity contribution in [1.29, 1.82) is 0 Å². The highest BCUT2D eigenvalue weighted by atomic mass is 16.5. The molecule has 5 nitrogen and oxygen atoms in total. The van der Waals surface area contributed by atoms with Crippen molar-refractivity contribution in [3.8, 4) is 0 Å². The Kier molecular flexibility index (Phi) is 4.62. The third-order valence-corrected chi connectivity index (χ3v) is 3.42. The summed E-state index contributed by atoms with van der Waals surface area (Å²) in [6.45, 7) is 4.81. The number of hydrogen-bond acceptors (Lipinski definition) is 4. The molecule has 1 aromatic carbocycles. The number of hydrogen-bond donors (Lipinski definition) is 0. The van der Waals surface area contributed by atoms with Gasteiger partial charge >= 0.3 is 5.97 Å². The molecule has 1 aromatic heterocycles. The molecule has 0 aliphatic heterocycles. The van der Waals surface area contributed by atoms with Gasteiger partial charge in [-0.15, -0.1) is 0 Å². The Balaban J connectivity index is 2.20. The fraction of sp³-hybridized carbons (Fsp3) is 0.375. The van der Waals surface area contributed by atoms with Gasteiger partial charge < -0.3 is 9.64 Å². The molecule has 0 radical (unpaired) electrons. The smallest absolute Gasteiger partial charge is 0.341 e. The highest BCUT2D eigenvalue weighted by Crippen LogP contribution is 2.18. The molecule has 0 saturated heterocycles. The van der Waals surface area contributed by atoms with Gasteiger partial charge in [0.15, 0.2) is 0 Å². The minimum Gasteiger partial charge on any atom is -0.462 e. The summed E-state index contributed by atoms with van der Waals surface area (Å²) in [7, 11) is 3.83. The van der Waals surface area contributed by atoms with Crippen LogP contribution >= 0.6 is 0 Å². The first-order chi connectivity index (χ1) is 10.0. The zero-order valence-electron chi connectivity index (χ0n) is 13.0. The van der Waals surface area contributed by atoms with Crippen LogP contribution in [-0.4, -0.2) is 29.4 Å². The van der Waals surface area contributed by atoms with Crippen molar-refractivity contribution < 1.29 is 9.53 Å². The van der Waals surface area contributed by atoms with Crippen LogP contribution in [0.3, 0.4) is 0 Å². The van der Waals surface area contributed by atoms with Gasteiger partial charge in [0.2, 0.25) is 0 Å². The third kappa shape index (κ3) is 3.42. The Bertz CT molecular complexity index is 617. The monoisotopic (exact) mass is 287 g/mol. The minimum atomic E-state index is -0.321. The Labute approximate surface area is 125 Å². The number of aromatic nitrogens is 2. The van der Waals surface area contributed by atoms with Gasteiger partial charge in [-0.1, -0.05) is 17.7 Å². The molecule has 0 spiro atoms. The summed E-state index contributed by atoms with van der Waals surface area (Å²) in [5, 5.41) is 4.17. The second-order valence-corrected chi connectivity index (χ2v) is 5.04. The topological polar surface area (TPSA) is 47.4 Å². The molecule has 0 atom stereocenters. The molecule has 0 aliphatic carbocycles. The summed E-state index contributed by atoms with van der Waals surface area (Å²) in [6, 6.07) is 8.27. The fourth-order valence-corrected chi connectivity index (χ4v) is 2.14. The van der Waals surface area contributed by atoms with Gasteiger partial charge in [-0.3, -0.25) is 4.68 Å². The van der Waals surface area contributed by atoms with E-state index in [1.165, 1.54) is 5.56 Å². The van der Waals surface area contributed by atoms with E-state index in [4.69, 9.17) is 4.74 Å². The van der Waals surface area contributed by atoms with Crippen molar-refractivity contribution in [3.05, 3.63) is 47.3 Å². The number of rotatable bonds is 5. The molecule has 0 unspecified atom stereocenters. The second kappa shape index (κ2) is 6.43. The van der Waals surface area contributed by atoms with E-state index in [0.717, 1.165) is 11.4 Å². The van der Waals surface area contributed by atoms with Crippen LogP contribution in [0.15, 0.2) is 30.5 Å². The van der Waals surface area contributed by atoms with Gasteiger partial charge in [0.05, 0.1) is 25.0 Å². The first-order valence-electron chi connectivity index (χ1n) is 6.98. The fourth-order valence-electron chi connectivity index (χ4n) is 2.14. The third-order valence-electron chi connectivity index (χ3n) is 3.42. The van der Waals surface area contributed by atoms with E-state index in [0.29, 0.717) is 18.7 Å². The van der Waals surface area contributed by atoms with E-state index in [9.17, 15) is 4.79 Å². The van der Waals surface area contributed by atoms with Gasteiger partial charge in [0, 0.05) is 19.8 Å². The number of aryl methyl sites for hydroxylation is 2. The van der Waals surface area contributed by atoms with Crippen LogP contribution in [0.25, 0.3) is 0 Å². The zero-order valence-corrected chi connectivity index (χ0v) is 13.0. The molecule has 5 heteroatoms. The maximum atomic E-state index is 11.9. The Morgan fingerprint density at radius 3 is 2.62 bits per heavy atom. The first kappa shape index (κ1) is 15.1. The lowest BCUT2D eigenvalue weighted by molar-refractivity contribution is 0.0525. The summed E-state index contributed by atoms with van der Waals surface area (Å²) in [5.74, 6) is -0.321. The van der Waals surface area contributed by atoms with Gasteiger partial charge in [-0.05, 0) is 26.0 Å². The molecule has 2 aromatic rings. The number of carbonyl (C=O) groups excluding carboxylic acids is 1. The van der Waals surface area contributed by atoms with Crippen LogP contribution < -0.4 is 4.90 Å².